The number of aromatic nitrogens is 2. The van der Waals surface area contributed by atoms with Crippen LogP contribution in [0.15, 0.2) is 60.9 Å². The fraction of sp³-hybridized carbons (Fsp3) is 0.292. The van der Waals surface area contributed by atoms with Gasteiger partial charge in [-0.05, 0) is 44.0 Å². The third-order valence-electron chi connectivity index (χ3n) is 5.35. The number of ether oxygens (including phenoxy) is 2. The molecule has 1 saturated heterocycles. The van der Waals surface area contributed by atoms with E-state index in [0.717, 1.165) is 25.1 Å². The van der Waals surface area contributed by atoms with Gasteiger partial charge in [0.05, 0.1) is 30.5 Å². The van der Waals surface area contributed by atoms with E-state index >= 15 is 0 Å². The van der Waals surface area contributed by atoms with Gasteiger partial charge in [-0.3, -0.25) is 19.9 Å². The van der Waals surface area contributed by atoms with E-state index in [2.05, 4.69) is 20.2 Å². The maximum atomic E-state index is 12.5. The van der Waals surface area contributed by atoms with Crippen LogP contribution in [-0.2, 0) is 0 Å². The third kappa shape index (κ3) is 5.58. The van der Waals surface area contributed by atoms with Crippen molar-refractivity contribution in [2.24, 2.45) is 0 Å². The molecule has 10 nitrogen and oxygen atoms in total. The van der Waals surface area contributed by atoms with Crippen molar-refractivity contribution in [2.75, 3.05) is 29.9 Å². The first-order valence-corrected chi connectivity index (χ1v) is 11.0. The number of piperidine rings is 1. The minimum Gasteiger partial charge on any atom is -0.490 e. The van der Waals surface area contributed by atoms with E-state index in [0.29, 0.717) is 30.5 Å². The molecule has 10 heteroatoms. The molecular weight excluding hydrogens is 438 g/mol. The van der Waals surface area contributed by atoms with E-state index in [1.165, 1.54) is 30.5 Å². The zero-order valence-corrected chi connectivity index (χ0v) is 18.7. The van der Waals surface area contributed by atoms with Gasteiger partial charge in [0.2, 0.25) is 0 Å². The molecule has 1 atom stereocenters. The minimum atomic E-state index is -0.512. The van der Waals surface area contributed by atoms with Crippen molar-refractivity contribution in [2.45, 2.75) is 25.9 Å². The second-order valence-corrected chi connectivity index (χ2v) is 7.73. The van der Waals surface area contributed by atoms with Crippen LogP contribution in [0.1, 0.15) is 30.1 Å². The second-order valence-electron chi connectivity index (χ2n) is 7.73. The normalized spacial score (nSPS) is 15.4. The highest BCUT2D eigenvalue weighted by molar-refractivity contribution is 6.03. The summed E-state index contributed by atoms with van der Waals surface area (Å²) in [4.78, 5) is 33.7. The van der Waals surface area contributed by atoms with Crippen LogP contribution in [0.25, 0.3) is 0 Å². The van der Waals surface area contributed by atoms with Gasteiger partial charge < -0.3 is 19.7 Å². The van der Waals surface area contributed by atoms with E-state index in [1.807, 2.05) is 31.2 Å². The lowest BCUT2D eigenvalue weighted by Crippen LogP contribution is -2.41. The number of nitro benzene ring substituents is 1. The Bertz CT molecular complexity index is 1150. The van der Waals surface area contributed by atoms with Crippen molar-refractivity contribution in [1.29, 1.82) is 0 Å². The molecule has 0 aliphatic carbocycles. The monoisotopic (exact) mass is 463 g/mol. The first-order chi connectivity index (χ1) is 16.5. The summed E-state index contributed by atoms with van der Waals surface area (Å²) >= 11 is 0. The van der Waals surface area contributed by atoms with E-state index in [-0.39, 0.29) is 17.4 Å². The first-order valence-electron chi connectivity index (χ1n) is 11.0. The van der Waals surface area contributed by atoms with E-state index in [1.54, 1.807) is 6.20 Å². The Morgan fingerprint density at radius 3 is 2.68 bits per heavy atom. The van der Waals surface area contributed by atoms with Gasteiger partial charge >= 0.3 is 0 Å². The molecule has 3 aromatic rings. The molecule has 1 fully saturated rings. The van der Waals surface area contributed by atoms with Crippen molar-refractivity contribution in [3.63, 3.8) is 0 Å². The summed E-state index contributed by atoms with van der Waals surface area (Å²) in [6, 6.07) is 13.0. The number of non-ortho nitro benzene ring substituents is 1. The van der Waals surface area contributed by atoms with Crippen molar-refractivity contribution in [1.82, 2.24) is 9.97 Å². The van der Waals surface area contributed by atoms with Crippen molar-refractivity contribution >= 4 is 23.2 Å². The van der Waals surface area contributed by atoms with Gasteiger partial charge in [-0.1, -0.05) is 12.1 Å². The molecule has 34 heavy (non-hydrogen) atoms. The molecule has 1 aliphatic heterocycles. The molecule has 0 saturated carbocycles. The molecule has 1 amide bonds. The maximum absolute atomic E-state index is 12.5. The lowest BCUT2D eigenvalue weighted by atomic mass is 10.1. The predicted molar refractivity (Wildman–Crippen MR) is 127 cm³/mol. The molecule has 0 spiro atoms. The summed E-state index contributed by atoms with van der Waals surface area (Å²) in [6.07, 6.45) is 4.89. The molecule has 2 aromatic carbocycles. The molecule has 0 radical (unpaired) electrons. The predicted octanol–water partition coefficient (Wildman–Crippen LogP) is 4.08. The summed E-state index contributed by atoms with van der Waals surface area (Å²) < 4.78 is 11.9. The van der Waals surface area contributed by atoms with E-state index in [9.17, 15) is 14.9 Å². The van der Waals surface area contributed by atoms with Gasteiger partial charge in [0.25, 0.3) is 11.6 Å². The summed E-state index contributed by atoms with van der Waals surface area (Å²) in [5.74, 6) is 1.94. The van der Waals surface area contributed by atoms with Gasteiger partial charge in [0.1, 0.15) is 11.9 Å². The zero-order chi connectivity index (χ0) is 23.9. The third-order valence-corrected chi connectivity index (χ3v) is 5.35. The van der Waals surface area contributed by atoms with Crippen LogP contribution in [0, 0.1) is 10.1 Å². The number of rotatable bonds is 8. The number of nitrogens with zero attached hydrogens (tertiary/aromatic N) is 4. The van der Waals surface area contributed by atoms with Crippen molar-refractivity contribution in [3.05, 3.63) is 76.6 Å². The summed E-state index contributed by atoms with van der Waals surface area (Å²) in [6.45, 7) is 3.91. The number of benzene rings is 2. The second kappa shape index (κ2) is 10.6. The van der Waals surface area contributed by atoms with E-state index < -0.39 is 10.8 Å². The first kappa shape index (κ1) is 23.0. The van der Waals surface area contributed by atoms with Gasteiger partial charge in [-0.15, -0.1) is 0 Å². The van der Waals surface area contributed by atoms with Crippen LogP contribution in [0.3, 0.4) is 0 Å². The standard InChI is InChI=1S/C24H25N5O5/c1-2-33-20-7-3-4-8-21(20)34-19-6-5-13-28(16-19)23-15-25-14-22(26-23)27-24(30)17-9-11-18(12-10-17)29(31)32/h3-4,7-12,14-15,19H,2,5-6,13,16H2,1H3,(H,26,27,30). The Hall–Kier alpha value is -4.21. The highest BCUT2D eigenvalue weighted by Crippen LogP contribution is 2.30. The van der Waals surface area contributed by atoms with Crippen LogP contribution in [0.4, 0.5) is 17.3 Å². The topological polar surface area (TPSA) is 120 Å². The Labute approximate surface area is 196 Å². The number of carbonyl (C=O) groups excluding carboxylic acids is 1. The maximum Gasteiger partial charge on any atom is 0.269 e. The van der Waals surface area contributed by atoms with Crippen molar-refractivity contribution in [3.8, 4) is 11.5 Å². The number of anilines is 2. The quantitative estimate of drug-likeness (QED) is 0.392. The van der Waals surface area contributed by atoms with Gasteiger partial charge in [0, 0.05) is 24.2 Å². The van der Waals surface area contributed by atoms with Crippen LogP contribution in [0.5, 0.6) is 11.5 Å². The Morgan fingerprint density at radius 1 is 1.18 bits per heavy atom. The molecule has 0 bridgehead atoms. The molecule has 4 rings (SSSR count). The SMILES string of the molecule is CCOc1ccccc1OC1CCCN(c2cncc(NC(=O)c3ccc([N+](=O)[O-])cc3)n2)C1. The Kier molecular flexibility index (Phi) is 7.16. The molecule has 1 aromatic heterocycles. The highest BCUT2D eigenvalue weighted by atomic mass is 16.6. The lowest BCUT2D eigenvalue weighted by molar-refractivity contribution is -0.384. The van der Waals surface area contributed by atoms with Gasteiger partial charge in [-0.25, -0.2) is 4.98 Å². The molecule has 176 valence electrons. The molecule has 2 heterocycles. The van der Waals surface area contributed by atoms with Gasteiger partial charge in [-0.2, -0.15) is 0 Å². The number of hydrogen-bond acceptors (Lipinski definition) is 8. The molecule has 1 aliphatic rings. The Balaban J connectivity index is 1.42. The number of nitro groups is 1. The molecular formula is C24H25N5O5. The number of amides is 1. The number of para-hydroxylation sites is 2. The lowest BCUT2D eigenvalue weighted by Gasteiger charge is -2.33. The number of carbonyl (C=O) groups is 1. The number of nitrogens with one attached hydrogen (secondary N) is 1. The minimum absolute atomic E-state index is 0.0458. The summed E-state index contributed by atoms with van der Waals surface area (Å²) in [5, 5.41) is 13.5. The summed E-state index contributed by atoms with van der Waals surface area (Å²) in [7, 11) is 0. The Morgan fingerprint density at radius 2 is 1.94 bits per heavy atom. The largest absolute Gasteiger partial charge is 0.490 e. The van der Waals surface area contributed by atoms with Crippen LogP contribution >= 0.6 is 0 Å². The fourth-order valence-corrected chi connectivity index (χ4v) is 3.74. The molecule has 1 N–H and O–H groups in total. The summed E-state index contributed by atoms with van der Waals surface area (Å²) in [5.41, 5.74) is 0.210. The fourth-order valence-electron chi connectivity index (χ4n) is 3.74. The van der Waals surface area contributed by atoms with Crippen LogP contribution < -0.4 is 19.7 Å². The van der Waals surface area contributed by atoms with Crippen LogP contribution in [0.2, 0.25) is 0 Å². The average Bonchev–Trinajstić information content (AvgIpc) is 2.86. The van der Waals surface area contributed by atoms with Crippen molar-refractivity contribution < 1.29 is 19.2 Å². The smallest absolute Gasteiger partial charge is 0.269 e. The highest BCUT2D eigenvalue weighted by Gasteiger charge is 2.24. The van der Waals surface area contributed by atoms with Crippen LogP contribution in [-0.4, -0.2) is 46.6 Å². The zero-order valence-electron chi connectivity index (χ0n) is 18.7. The van der Waals surface area contributed by atoms with E-state index in [4.69, 9.17) is 9.47 Å². The average molecular weight is 463 g/mol. The van der Waals surface area contributed by atoms with Gasteiger partial charge in [0.15, 0.2) is 17.3 Å². The number of hydrogen-bond donors (Lipinski definition) is 1. The molecule has 1 unspecified atom stereocenters.